The summed E-state index contributed by atoms with van der Waals surface area (Å²) in [4.78, 5) is 24.4. The molecule has 0 aromatic carbocycles. The van der Waals surface area contributed by atoms with Gasteiger partial charge in [-0.3, -0.25) is 4.68 Å². The lowest BCUT2D eigenvalue weighted by atomic mass is 10.2. The van der Waals surface area contributed by atoms with Crippen molar-refractivity contribution in [2.45, 2.75) is 38.8 Å². The smallest absolute Gasteiger partial charge is 0.326 e. The van der Waals surface area contributed by atoms with Gasteiger partial charge in [0.2, 0.25) is 0 Å². The van der Waals surface area contributed by atoms with Gasteiger partial charge in [0.05, 0.1) is 11.9 Å². The Balaban J connectivity index is 2.02. The summed E-state index contributed by atoms with van der Waals surface area (Å²) >= 11 is 0. The van der Waals surface area contributed by atoms with Gasteiger partial charge in [-0.15, -0.1) is 0 Å². The van der Waals surface area contributed by atoms with Crippen molar-refractivity contribution < 1.29 is 14.7 Å². The summed E-state index contributed by atoms with van der Waals surface area (Å²) < 4.78 is 1.73. The number of carboxylic acids is 1. The van der Waals surface area contributed by atoms with E-state index in [-0.39, 0.29) is 12.1 Å². The van der Waals surface area contributed by atoms with Crippen LogP contribution in [0.5, 0.6) is 0 Å². The molecule has 1 aliphatic rings. The van der Waals surface area contributed by atoms with E-state index in [1.807, 2.05) is 13.8 Å². The quantitative estimate of drug-likeness (QED) is 0.868. The zero-order valence-electron chi connectivity index (χ0n) is 11.0. The van der Waals surface area contributed by atoms with Crippen LogP contribution in [-0.2, 0) is 4.79 Å². The fraction of sp³-hybridized carbons (Fsp3) is 0.583. The van der Waals surface area contributed by atoms with Crippen LogP contribution in [0, 0.1) is 0 Å². The van der Waals surface area contributed by atoms with Crippen molar-refractivity contribution in [2.24, 2.45) is 0 Å². The largest absolute Gasteiger partial charge is 0.480 e. The molecule has 1 fully saturated rings. The molecule has 1 saturated heterocycles. The van der Waals surface area contributed by atoms with Crippen molar-refractivity contribution in [1.82, 2.24) is 14.7 Å². The second-order valence-electron chi connectivity index (χ2n) is 4.92. The third-order valence-electron chi connectivity index (χ3n) is 3.18. The third kappa shape index (κ3) is 2.86. The highest BCUT2D eigenvalue weighted by atomic mass is 16.4. The van der Waals surface area contributed by atoms with Crippen LogP contribution in [-0.4, -0.2) is 44.4 Å². The molecule has 7 heteroatoms. The zero-order valence-corrected chi connectivity index (χ0v) is 11.0. The lowest BCUT2D eigenvalue weighted by molar-refractivity contribution is -0.141. The Bertz CT molecular complexity index is 483. The van der Waals surface area contributed by atoms with E-state index in [4.69, 9.17) is 5.11 Å². The fourth-order valence-electron chi connectivity index (χ4n) is 2.15. The van der Waals surface area contributed by atoms with Crippen LogP contribution in [0.3, 0.4) is 0 Å². The number of aliphatic carboxylic acids is 1. The van der Waals surface area contributed by atoms with Crippen molar-refractivity contribution in [3.63, 3.8) is 0 Å². The standard InChI is InChI=1S/C12H18N4O3/c1-8(2)16-7-9(6-13-16)14-12(19)15-5-3-4-10(15)11(17)18/h6-8,10H,3-5H2,1-2H3,(H,14,19)(H,17,18)/t10-/m1/s1. The minimum Gasteiger partial charge on any atom is -0.480 e. The second-order valence-corrected chi connectivity index (χ2v) is 4.92. The average Bonchev–Trinajstić information content (AvgIpc) is 2.96. The van der Waals surface area contributed by atoms with E-state index in [0.29, 0.717) is 18.7 Å². The molecule has 2 heterocycles. The number of anilines is 1. The monoisotopic (exact) mass is 266 g/mol. The van der Waals surface area contributed by atoms with Gasteiger partial charge in [-0.25, -0.2) is 9.59 Å². The Kier molecular flexibility index (Phi) is 3.73. The maximum atomic E-state index is 12.0. The highest BCUT2D eigenvalue weighted by Crippen LogP contribution is 2.19. The maximum absolute atomic E-state index is 12.0. The lowest BCUT2D eigenvalue weighted by Gasteiger charge is -2.21. The van der Waals surface area contributed by atoms with Gasteiger partial charge in [0.25, 0.3) is 0 Å². The topological polar surface area (TPSA) is 87.5 Å². The number of carboxylic acid groups (broad SMARTS) is 1. The normalized spacial score (nSPS) is 18.9. The van der Waals surface area contributed by atoms with Gasteiger partial charge in [-0.05, 0) is 26.7 Å². The van der Waals surface area contributed by atoms with Crippen LogP contribution in [0.1, 0.15) is 32.7 Å². The van der Waals surface area contributed by atoms with Crippen LogP contribution in [0.4, 0.5) is 10.5 Å². The minimum absolute atomic E-state index is 0.212. The molecule has 104 valence electrons. The number of carbonyl (C=O) groups excluding carboxylic acids is 1. The molecule has 0 saturated carbocycles. The number of hydrogen-bond acceptors (Lipinski definition) is 3. The van der Waals surface area contributed by atoms with Crippen molar-refractivity contribution in [2.75, 3.05) is 11.9 Å². The van der Waals surface area contributed by atoms with E-state index in [2.05, 4.69) is 10.4 Å². The number of nitrogens with one attached hydrogen (secondary N) is 1. The number of urea groups is 1. The Morgan fingerprint density at radius 1 is 1.53 bits per heavy atom. The summed E-state index contributed by atoms with van der Waals surface area (Å²) in [7, 11) is 0. The average molecular weight is 266 g/mol. The van der Waals surface area contributed by atoms with Crippen LogP contribution in [0.2, 0.25) is 0 Å². The van der Waals surface area contributed by atoms with Crippen LogP contribution >= 0.6 is 0 Å². The van der Waals surface area contributed by atoms with E-state index >= 15 is 0 Å². The molecule has 0 radical (unpaired) electrons. The lowest BCUT2D eigenvalue weighted by Crippen LogP contribution is -2.42. The molecule has 0 bridgehead atoms. The number of nitrogens with zero attached hydrogens (tertiary/aromatic N) is 3. The summed E-state index contributed by atoms with van der Waals surface area (Å²) in [5.74, 6) is -0.953. The molecular formula is C12H18N4O3. The van der Waals surface area contributed by atoms with Gasteiger partial charge in [-0.2, -0.15) is 5.10 Å². The third-order valence-corrected chi connectivity index (χ3v) is 3.18. The van der Waals surface area contributed by atoms with Gasteiger partial charge >= 0.3 is 12.0 Å². The van der Waals surface area contributed by atoms with E-state index in [1.165, 1.54) is 4.90 Å². The highest BCUT2D eigenvalue weighted by Gasteiger charge is 2.34. The molecule has 1 aromatic rings. The summed E-state index contributed by atoms with van der Waals surface area (Å²) in [6.07, 6.45) is 4.52. The Hall–Kier alpha value is -2.05. The Morgan fingerprint density at radius 3 is 2.84 bits per heavy atom. The van der Waals surface area contributed by atoms with Crippen molar-refractivity contribution in [3.05, 3.63) is 12.4 Å². The first-order chi connectivity index (χ1) is 8.99. The molecule has 1 atom stereocenters. The van der Waals surface area contributed by atoms with Crippen molar-refractivity contribution >= 4 is 17.7 Å². The summed E-state index contributed by atoms with van der Waals surface area (Å²) in [6, 6.07) is -0.891. The summed E-state index contributed by atoms with van der Waals surface area (Å²) in [6.45, 7) is 4.44. The van der Waals surface area contributed by atoms with Gasteiger partial charge in [-0.1, -0.05) is 0 Å². The summed E-state index contributed by atoms with van der Waals surface area (Å²) in [5.41, 5.74) is 0.578. The molecule has 7 nitrogen and oxygen atoms in total. The Morgan fingerprint density at radius 2 is 2.26 bits per heavy atom. The van der Waals surface area contributed by atoms with Gasteiger partial charge in [0.1, 0.15) is 6.04 Å². The molecular weight excluding hydrogens is 248 g/mol. The van der Waals surface area contributed by atoms with Crippen LogP contribution in [0.25, 0.3) is 0 Å². The Labute approximate surface area is 111 Å². The SMILES string of the molecule is CC(C)n1cc(NC(=O)N2CCC[C@@H]2C(=O)O)cn1. The first-order valence-electron chi connectivity index (χ1n) is 6.33. The van der Waals surface area contributed by atoms with E-state index < -0.39 is 12.0 Å². The van der Waals surface area contributed by atoms with Gasteiger partial charge < -0.3 is 15.3 Å². The number of rotatable bonds is 3. The molecule has 2 amide bonds. The van der Waals surface area contributed by atoms with E-state index in [9.17, 15) is 9.59 Å². The van der Waals surface area contributed by atoms with Crippen LogP contribution < -0.4 is 5.32 Å². The number of aromatic nitrogens is 2. The number of likely N-dealkylation sites (tertiary alicyclic amines) is 1. The molecule has 19 heavy (non-hydrogen) atoms. The molecule has 0 unspecified atom stereocenters. The number of carbonyl (C=O) groups is 2. The number of hydrogen-bond donors (Lipinski definition) is 2. The second kappa shape index (κ2) is 5.29. The number of amides is 2. The molecule has 0 spiro atoms. The van der Waals surface area contributed by atoms with E-state index in [0.717, 1.165) is 6.42 Å². The van der Waals surface area contributed by atoms with Crippen molar-refractivity contribution in [3.8, 4) is 0 Å². The first kappa shape index (κ1) is 13.4. The fourth-order valence-corrected chi connectivity index (χ4v) is 2.15. The zero-order chi connectivity index (χ0) is 14.0. The first-order valence-corrected chi connectivity index (χ1v) is 6.33. The highest BCUT2D eigenvalue weighted by molar-refractivity contribution is 5.92. The van der Waals surface area contributed by atoms with Gasteiger partial charge in [0, 0.05) is 18.8 Å². The van der Waals surface area contributed by atoms with Gasteiger partial charge in [0.15, 0.2) is 0 Å². The molecule has 1 aromatic heterocycles. The maximum Gasteiger partial charge on any atom is 0.326 e. The molecule has 0 aliphatic carbocycles. The predicted molar refractivity (Wildman–Crippen MR) is 69.0 cm³/mol. The van der Waals surface area contributed by atoms with Crippen molar-refractivity contribution in [1.29, 1.82) is 0 Å². The molecule has 2 rings (SSSR count). The molecule has 1 aliphatic heterocycles. The van der Waals surface area contributed by atoms with E-state index in [1.54, 1.807) is 17.1 Å². The predicted octanol–water partition coefficient (Wildman–Crippen LogP) is 1.54. The molecule has 2 N–H and O–H groups in total. The summed E-state index contributed by atoms with van der Waals surface area (Å²) in [5, 5.41) is 15.8. The van der Waals surface area contributed by atoms with Crippen LogP contribution in [0.15, 0.2) is 12.4 Å². The minimum atomic E-state index is -0.953.